The highest BCUT2D eigenvalue weighted by atomic mass is 16.5. The molecule has 124 valence electrons. The van der Waals surface area contributed by atoms with Crippen LogP contribution in [-0.4, -0.2) is 24.3 Å². The molecule has 1 fully saturated rings. The number of aromatic nitrogens is 1. The molecule has 1 saturated heterocycles. The van der Waals surface area contributed by atoms with Gasteiger partial charge in [-0.15, -0.1) is 0 Å². The van der Waals surface area contributed by atoms with Gasteiger partial charge in [-0.3, -0.25) is 4.98 Å². The van der Waals surface area contributed by atoms with E-state index in [1.165, 1.54) is 18.2 Å². The molecule has 2 aromatic rings. The third-order valence-corrected chi connectivity index (χ3v) is 4.47. The SMILES string of the molecule is C[C@]1(C/C(=C\C=N)c2ccc(Oc3ccncc3)cc2)CCNC1. The Balaban J connectivity index is 1.74. The topological polar surface area (TPSA) is 58.0 Å². The van der Waals surface area contributed by atoms with Crippen molar-refractivity contribution in [3.63, 3.8) is 0 Å². The van der Waals surface area contributed by atoms with Crippen LogP contribution in [0.5, 0.6) is 11.5 Å². The van der Waals surface area contributed by atoms with Crippen molar-refractivity contribution < 1.29 is 4.74 Å². The molecule has 1 aromatic heterocycles. The Morgan fingerprint density at radius 1 is 1.21 bits per heavy atom. The summed E-state index contributed by atoms with van der Waals surface area (Å²) in [4.78, 5) is 3.99. The molecule has 0 aliphatic carbocycles. The number of benzene rings is 1. The zero-order chi connectivity index (χ0) is 16.8. The smallest absolute Gasteiger partial charge is 0.130 e. The summed E-state index contributed by atoms with van der Waals surface area (Å²) in [6, 6.07) is 11.8. The number of rotatable bonds is 6. The largest absolute Gasteiger partial charge is 0.457 e. The maximum atomic E-state index is 7.46. The van der Waals surface area contributed by atoms with E-state index >= 15 is 0 Å². The van der Waals surface area contributed by atoms with Crippen LogP contribution < -0.4 is 10.1 Å². The van der Waals surface area contributed by atoms with Crippen molar-refractivity contribution in [2.45, 2.75) is 19.8 Å². The summed E-state index contributed by atoms with van der Waals surface area (Å²) in [6.07, 6.45) is 8.85. The lowest BCUT2D eigenvalue weighted by molar-refractivity contribution is 0.377. The number of nitrogens with one attached hydrogen (secondary N) is 2. The van der Waals surface area contributed by atoms with Gasteiger partial charge in [-0.25, -0.2) is 0 Å². The minimum atomic E-state index is 0.265. The number of nitrogens with zero attached hydrogens (tertiary/aromatic N) is 1. The van der Waals surface area contributed by atoms with Crippen LogP contribution in [0.25, 0.3) is 5.57 Å². The molecule has 2 N–H and O–H groups in total. The fraction of sp³-hybridized carbons (Fsp3) is 0.300. The molecular formula is C20H23N3O. The Hall–Kier alpha value is -2.46. The molecule has 3 rings (SSSR count). The average Bonchev–Trinajstić information content (AvgIpc) is 3.03. The first-order valence-corrected chi connectivity index (χ1v) is 8.27. The molecule has 4 heteroatoms. The summed E-state index contributed by atoms with van der Waals surface area (Å²) >= 11 is 0. The number of ether oxygens (including phenoxy) is 1. The molecular weight excluding hydrogens is 298 g/mol. The van der Waals surface area contributed by atoms with Gasteiger partial charge < -0.3 is 15.5 Å². The third-order valence-electron chi connectivity index (χ3n) is 4.47. The molecule has 2 heterocycles. The molecule has 0 radical (unpaired) electrons. The summed E-state index contributed by atoms with van der Waals surface area (Å²) in [5, 5.41) is 10.9. The minimum Gasteiger partial charge on any atom is -0.457 e. The maximum absolute atomic E-state index is 7.46. The minimum absolute atomic E-state index is 0.265. The van der Waals surface area contributed by atoms with Gasteiger partial charge in [0.15, 0.2) is 0 Å². The second-order valence-electron chi connectivity index (χ2n) is 6.58. The standard InChI is InChI=1S/C20H23N3O/c1-20(9-13-23-15-20)14-17(6-10-21)16-2-4-18(5-3-16)24-19-7-11-22-12-8-19/h2-8,10-12,21,23H,9,13-15H2,1H3/b17-6+,21-10?/t20-/m1/s1. The predicted molar refractivity (Wildman–Crippen MR) is 97.7 cm³/mol. The van der Waals surface area contributed by atoms with Crippen molar-refractivity contribution in [2.24, 2.45) is 5.41 Å². The van der Waals surface area contributed by atoms with Crippen LogP contribution in [0.4, 0.5) is 0 Å². The lowest BCUT2D eigenvalue weighted by Gasteiger charge is -2.24. The second-order valence-corrected chi connectivity index (χ2v) is 6.58. The fourth-order valence-electron chi connectivity index (χ4n) is 3.12. The Kier molecular flexibility index (Phi) is 5.06. The molecule has 1 aliphatic heterocycles. The van der Waals surface area contributed by atoms with Crippen molar-refractivity contribution in [3.8, 4) is 11.5 Å². The normalized spacial score (nSPS) is 20.8. The van der Waals surface area contributed by atoms with Crippen LogP contribution in [-0.2, 0) is 0 Å². The van der Waals surface area contributed by atoms with E-state index in [-0.39, 0.29) is 5.41 Å². The van der Waals surface area contributed by atoms with Gasteiger partial charge in [-0.1, -0.05) is 19.1 Å². The number of hydrogen-bond donors (Lipinski definition) is 2. The van der Waals surface area contributed by atoms with Gasteiger partial charge in [-0.05, 0) is 66.3 Å². The highest BCUT2D eigenvalue weighted by Gasteiger charge is 2.29. The molecule has 0 unspecified atom stereocenters. The van der Waals surface area contributed by atoms with Crippen molar-refractivity contribution >= 4 is 11.8 Å². The monoisotopic (exact) mass is 321 g/mol. The van der Waals surface area contributed by atoms with Crippen LogP contribution in [0.1, 0.15) is 25.3 Å². The molecule has 1 aliphatic rings. The molecule has 1 aromatic carbocycles. The Morgan fingerprint density at radius 2 is 1.92 bits per heavy atom. The van der Waals surface area contributed by atoms with Gasteiger partial charge in [0.05, 0.1) is 0 Å². The highest BCUT2D eigenvalue weighted by Crippen LogP contribution is 2.36. The van der Waals surface area contributed by atoms with Gasteiger partial charge in [-0.2, -0.15) is 0 Å². The van der Waals surface area contributed by atoms with Crippen LogP contribution in [0.2, 0.25) is 0 Å². The zero-order valence-electron chi connectivity index (χ0n) is 14.0. The van der Waals surface area contributed by atoms with Crippen molar-refractivity contribution in [1.29, 1.82) is 5.41 Å². The molecule has 1 atom stereocenters. The molecule has 0 amide bonds. The summed E-state index contributed by atoms with van der Waals surface area (Å²) in [6.45, 7) is 4.42. The van der Waals surface area contributed by atoms with Gasteiger partial charge in [0.25, 0.3) is 0 Å². The second kappa shape index (κ2) is 7.41. The van der Waals surface area contributed by atoms with Crippen molar-refractivity contribution in [1.82, 2.24) is 10.3 Å². The van der Waals surface area contributed by atoms with E-state index in [4.69, 9.17) is 10.1 Å². The van der Waals surface area contributed by atoms with Crippen LogP contribution in [0.3, 0.4) is 0 Å². The number of hydrogen-bond acceptors (Lipinski definition) is 4. The summed E-state index contributed by atoms with van der Waals surface area (Å²) < 4.78 is 5.81. The van der Waals surface area contributed by atoms with Gasteiger partial charge in [0, 0.05) is 25.2 Å². The van der Waals surface area contributed by atoms with E-state index in [2.05, 4.69) is 29.4 Å². The summed E-state index contributed by atoms with van der Waals surface area (Å²) in [5.74, 6) is 1.57. The predicted octanol–water partition coefficient (Wildman–Crippen LogP) is 4.30. The fourth-order valence-corrected chi connectivity index (χ4v) is 3.12. The van der Waals surface area contributed by atoms with E-state index in [1.54, 1.807) is 12.4 Å². The molecule has 0 bridgehead atoms. The zero-order valence-corrected chi connectivity index (χ0v) is 14.0. The van der Waals surface area contributed by atoms with Gasteiger partial charge in [0.1, 0.15) is 11.5 Å². The quantitative estimate of drug-likeness (QED) is 0.780. The lowest BCUT2D eigenvalue weighted by atomic mass is 9.81. The molecule has 0 saturated carbocycles. The number of pyridine rings is 1. The van der Waals surface area contributed by atoms with Gasteiger partial charge >= 0.3 is 0 Å². The first-order chi connectivity index (χ1) is 11.7. The van der Waals surface area contributed by atoms with E-state index in [0.29, 0.717) is 0 Å². The maximum Gasteiger partial charge on any atom is 0.130 e. The Morgan fingerprint density at radius 3 is 2.54 bits per heavy atom. The van der Waals surface area contributed by atoms with Crippen LogP contribution in [0, 0.1) is 10.8 Å². The van der Waals surface area contributed by atoms with Crippen molar-refractivity contribution in [2.75, 3.05) is 13.1 Å². The van der Waals surface area contributed by atoms with E-state index in [9.17, 15) is 0 Å². The average molecular weight is 321 g/mol. The number of allylic oxidation sites excluding steroid dienone is 2. The third kappa shape index (κ3) is 4.09. The van der Waals surface area contributed by atoms with E-state index < -0.39 is 0 Å². The molecule has 0 spiro atoms. The lowest BCUT2D eigenvalue weighted by Crippen LogP contribution is -2.20. The Labute approximate surface area is 143 Å². The summed E-state index contributed by atoms with van der Waals surface area (Å²) in [5.41, 5.74) is 2.61. The van der Waals surface area contributed by atoms with E-state index in [1.807, 2.05) is 30.3 Å². The Bertz CT molecular complexity index is 701. The van der Waals surface area contributed by atoms with Crippen molar-refractivity contribution in [3.05, 3.63) is 60.4 Å². The van der Waals surface area contributed by atoms with Gasteiger partial charge in [0.2, 0.25) is 0 Å². The van der Waals surface area contributed by atoms with E-state index in [0.717, 1.165) is 36.6 Å². The molecule has 4 nitrogen and oxygen atoms in total. The first-order valence-electron chi connectivity index (χ1n) is 8.27. The molecule has 24 heavy (non-hydrogen) atoms. The summed E-state index contributed by atoms with van der Waals surface area (Å²) in [7, 11) is 0. The highest BCUT2D eigenvalue weighted by molar-refractivity contribution is 5.83. The van der Waals surface area contributed by atoms with Crippen LogP contribution >= 0.6 is 0 Å². The first kappa shape index (κ1) is 16.4. The van der Waals surface area contributed by atoms with Crippen LogP contribution in [0.15, 0.2) is 54.9 Å².